The first kappa shape index (κ1) is 12.9. The van der Waals surface area contributed by atoms with E-state index in [0.29, 0.717) is 18.6 Å². The molecule has 0 spiro atoms. The van der Waals surface area contributed by atoms with Crippen molar-refractivity contribution in [1.29, 1.82) is 0 Å². The molecule has 0 saturated carbocycles. The number of nitrogens with zero attached hydrogens (tertiary/aromatic N) is 2. The Morgan fingerprint density at radius 1 is 1.35 bits per heavy atom. The molecule has 0 amide bonds. The molecule has 0 aliphatic carbocycles. The van der Waals surface area contributed by atoms with Gasteiger partial charge in [0.1, 0.15) is 17.5 Å². The summed E-state index contributed by atoms with van der Waals surface area (Å²) in [5.74, 6) is -0.336. The molecule has 6 heteroatoms. The average Bonchev–Trinajstić information content (AvgIpc) is 2.87. The molecule has 1 aromatic heterocycles. The van der Waals surface area contributed by atoms with Crippen LogP contribution in [0.4, 0.5) is 4.39 Å². The summed E-state index contributed by atoms with van der Waals surface area (Å²) in [5, 5.41) is 3.82. The number of carbonyl (C=O) groups is 1. The number of hydrogen-bond donors (Lipinski definition) is 0. The lowest BCUT2D eigenvalue weighted by molar-refractivity contribution is -0.127. The zero-order chi connectivity index (χ0) is 14.1. The topological polar surface area (TPSA) is 65.2 Å². The highest BCUT2D eigenvalue weighted by Gasteiger charge is 2.29. The van der Waals surface area contributed by atoms with E-state index in [1.165, 1.54) is 12.1 Å². The maximum absolute atomic E-state index is 13.4. The lowest BCUT2D eigenvalue weighted by Crippen LogP contribution is -2.25. The van der Waals surface area contributed by atoms with Gasteiger partial charge in [-0.2, -0.15) is 4.98 Å². The number of carbonyl (C=O) groups excluding carboxylic acids is 1. The van der Waals surface area contributed by atoms with E-state index >= 15 is 0 Å². The van der Waals surface area contributed by atoms with Gasteiger partial charge < -0.3 is 9.26 Å². The summed E-state index contributed by atoms with van der Waals surface area (Å²) in [6.07, 6.45) is 0.349. The minimum atomic E-state index is -0.514. The number of halogens is 1. The molecule has 2 aromatic rings. The molecule has 3 rings (SSSR count). The van der Waals surface area contributed by atoms with Crippen molar-refractivity contribution in [3.8, 4) is 11.4 Å². The Balaban J connectivity index is 1.91. The van der Waals surface area contributed by atoms with Gasteiger partial charge in [-0.15, -0.1) is 0 Å². The molecule has 1 aromatic carbocycles. The lowest BCUT2D eigenvalue weighted by atomic mass is 10.0. The number of benzene rings is 1. The number of aryl methyl sites for hydroxylation is 1. The van der Waals surface area contributed by atoms with Crippen molar-refractivity contribution in [2.45, 2.75) is 19.3 Å². The van der Waals surface area contributed by atoms with E-state index in [1.807, 2.05) is 0 Å². The smallest absolute Gasteiger partial charge is 0.239 e. The number of ether oxygens (including phenoxy) is 1. The molecule has 1 fully saturated rings. The van der Waals surface area contributed by atoms with Gasteiger partial charge in [0.25, 0.3) is 0 Å². The fraction of sp³-hybridized carbons (Fsp3) is 0.357. The molecule has 0 N–H and O–H groups in total. The van der Waals surface area contributed by atoms with Crippen LogP contribution in [0.25, 0.3) is 11.4 Å². The van der Waals surface area contributed by atoms with Crippen LogP contribution in [0.15, 0.2) is 22.7 Å². The van der Waals surface area contributed by atoms with Gasteiger partial charge in [0, 0.05) is 12.0 Å². The van der Waals surface area contributed by atoms with Crippen LogP contribution in [-0.4, -0.2) is 29.1 Å². The minimum absolute atomic E-state index is 0.0295. The van der Waals surface area contributed by atoms with Gasteiger partial charge >= 0.3 is 0 Å². The highest BCUT2D eigenvalue weighted by Crippen LogP contribution is 2.25. The molecule has 5 nitrogen and oxygen atoms in total. The maximum Gasteiger partial charge on any atom is 0.239 e. The van der Waals surface area contributed by atoms with Crippen molar-refractivity contribution in [2.24, 2.45) is 0 Å². The molecular formula is C14H13FN2O3. The van der Waals surface area contributed by atoms with Crippen molar-refractivity contribution in [2.75, 3.05) is 13.2 Å². The first-order valence-electron chi connectivity index (χ1n) is 6.35. The summed E-state index contributed by atoms with van der Waals surface area (Å²) in [4.78, 5) is 16.0. The van der Waals surface area contributed by atoms with E-state index in [1.54, 1.807) is 13.0 Å². The summed E-state index contributed by atoms with van der Waals surface area (Å²) in [5.41, 5.74) is 1.30. The average molecular weight is 276 g/mol. The SMILES string of the molecule is Cc1cc(F)cc(-c2noc(C3COCCC3=O)n2)c1. The van der Waals surface area contributed by atoms with Crippen LogP contribution in [-0.2, 0) is 9.53 Å². The Bertz CT molecular complexity index is 633. The van der Waals surface area contributed by atoms with Crippen LogP contribution in [0.1, 0.15) is 23.8 Å². The summed E-state index contributed by atoms with van der Waals surface area (Å²) in [6.45, 7) is 2.47. The Kier molecular flexibility index (Phi) is 3.31. The van der Waals surface area contributed by atoms with Crippen LogP contribution in [0.2, 0.25) is 0 Å². The molecule has 1 unspecified atom stereocenters. The Labute approximate surface area is 114 Å². The molecular weight excluding hydrogens is 263 g/mol. The van der Waals surface area contributed by atoms with Crippen LogP contribution in [0, 0.1) is 12.7 Å². The molecule has 104 valence electrons. The predicted molar refractivity (Wildman–Crippen MR) is 67.6 cm³/mol. The van der Waals surface area contributed by atoms with Gasteiger partial charge in [0.15, 0.2) is 0 Å². The minimum Gasteiger partial charge on any atom is -0.380 e. The van der Waals surface area contributed by atoms with Crippen molar-refractivity contribution in [3.63, 3.8) is 0 Å². The van der Waals surface area contributed by atoms with Crippen LogP contribution in [0.3, 0.4) is 0 Å². The third-order valence-electron chi connectivity index (χ3n) is 3.21. The summed E-state index contributed by atoms with van der Waals surface area (Å²) in [7, 11) is 0. The second kappa shape index (κ2) is 5.13. The summed E-state index contributed by atoms with van der Waals surface area (Å²) >= 11 is 0. The third kappa shape index (κ3) is 2.46. The summed E-state index contributed by atoms with van der Waals surface area (Å²) < 4.78 is 23.8. The predicted octanol–water partition coefficient (Wildman–Crippen LogP) is 2.26. The fourth-order valence-corrected chi connectivity index (χ4v) is 2.21. The summed E-state index contributed by atoms with van der Waals surface area (Å²) in [6, 6.07) is 4.51. The second-order valence-corrected chi connectivity index (χ2v) is 4.82. The number of ketones is 1. The first-order chi connectivity index (χ1) is 9.63. The zero-order valence-electron chi connectivity index (χ0n) is 10.9. The highest BCUT2D eigenvalue weighted by molar-refractivity contribution is 5.85. The van der Waals surface area contributed by atoms with E-state index in [-0.39, 0.29) is 29.9 Å². The third-order valence-corrected chi connectivity index (χ3v) is 3.21. The monoisotopic (exact) mass is 276 g/mol. The molecule has 0 radical (unpaired) electrons. The van der Waals surface area contributed by atoms with E-state index < -0.39 is 5.92 Å². The quantitative estimate of drug-likeness (QED) is 0.841. The van der Waals surface area contributed by atoms with Crippen LogP contribution in [0.5, 0.6) is 0 Å². The van der Waals surface area contributed by atoms with Crippen molar-refractivity contribution >= 4 is 5.78 Å². The van der Waals surface area contributed by atoms with Gasteiger partial charge in [-0.3, -0.25) is 4.79 Å². The molecule has 1 aliphatic heterocycles. The number of aromatic nitrogens is 2. The molecule has 1 atom stereocenters. The van der Waals surface area contributed by atoms with Gasteiger partial charge in [0.05, 0.1) is 13.2 Å². The lowest BCUT2D eigenvalue weighted by Gasteiger charge is -2.17. The van der Waals surface area contributed by atoms with Gasteiger partial charge in [-0.25, -0.2) is 4.39 Å². The first-order valence-corrected chi connectivity index (χ1v) is 6.35. The standard InChI is InChI=1S/C14H13FN2O3/c1-8-4-9(6-10(15)5-8)13-16-14(20-17-13)11-7-19-3-2-12(11)18/h4-6,11H,2-3,7H2,1H3. The van der Waals surface area contributed by atoms with Crippen molar-refractivity contribution in [1.82, 2.24) is 10.1 Å². The number of hydrogen-bond acceptors (Lipinski definition) is 5. The van der Waals surface area contributed by atoms with Crippen LogP contribution >= 0.6 is 0 Å². The van der Waals surface area contributed by atoms with Gasteiger partial charge in [-0.1, -0.05) is 5.16 Å². The normalized spacial score (nSPS) is 19.3. The zero-order valence-corrected chi connectivity index (χ0v) is 10.9. The van der Waals surface area contributed by atoms with Gasteiger partial charge in [0.2, 0.25) is 11.7 Å². The Morgan fingerprint density at radius 3 is 2.95 bits per heavy atom. The van der Waals surface area contributed by atoms with E-state index in [2.05, 4.69) is 10.1 Å². The van der Waals surface area contributed by atoms with Crippen LogP contribution < -0.4 is 0 Å². The Morgan fingerprint density at radius 2 is 2.20 bits per heavy atom. The van der Waals surface area contributed by atoms with Crippen molar-refractivity contribution in [3.05, 3.63) is 35.5 Å². The maximum atomic E-state index is 13.4. The molecule has 2 heterocycles. The van der Waals surface area contributed by atoms with E-state index in [4.69, 9.17) is 9.26 Å². The largest absolute Gasteiger partial charge is 0.380 e. The molecule has 1 aliphatic rings. The van der Waals surface area contributed by atoms with E-state index in [9.17, 15) is 9.18 Å². The number of rotatable bonds is 2. The number of Topliss-reactive ketones (excluding diaryl/α,β-unsaturated/α-hetero) is 1. The molecule has 1 saturated heterocycles. The molecule has 0 bridgehead atoms. The van der Waals surface area contributed by atoms with Crippen molar-refractivity contribution < 1.29 is 18.4 Å². The highest BCUT2D eigenvalue weighted by atomic mass is 19.1. The second-order valence-electron chi connectivity index (χ2n) is 4.82. The van der Waals surface area contributed by atoms with Gasteiger partial charge in [-0.05, 0) is 30.7 Å². The van der Waals surface area contributed by atoms with E-state index in [0.717, 1.165) is 5.56 Å². The fourth-order valence-electron chi connectivity index (χ4n) is 2.21. The Hall–Kier alpha value is -2.08. The molecule has 20 heavy (non-hydrogen) atoms.